The number of hydrogen-bond acceptors (Lipinski definition) is 6. The SMILES string of the molecule is C(=C\C1CNC1)/c1cncc(OCC2CC2)c1.CN1CC(/C=C/c2cncc(OCC3CC3)c2)C1. The maximum Gasteiger partial charge on any atom is 0.138 e. The van der Waals surface area contributed by atoms with Gasteiger partial charge in [-0.05, 0) is 67.8 Å². The molecule has 1 N–H and O–H groups in total. The van der Waals surface area contributed by atoms with Crippen molar-refractivity contribution < 1.29 is 9.47 Å². The Labute approximate surface area is 209 Å². The summed E-state index contributed by atoms with van der Waals surface area (Å²) in [6.45, 7) is 6.23. The van der Waals surface area contributed by atoms with Crippen LogP contribution in [0.1, 0.15) is 36.8 Å². The smallest absolute Gasteiger partial charge is 0.138 e. The molecule has 6 heteroatoms. The molecule has 0 spiro atoms. The average molecular weight is 475 g/mol. The molecule has 4 aliphatic rings. The van der Waals surface area contributed by atoms with Crippen LogP contribution in [0.3, 0.4) is 0 Å². The zero-order chi connectivity index (χ0) is 23.9. The van der Waals surface area contributed by atoms with Crippen molar-refractivity contribution in [2.24, 2.45) is 23.7 Å². The van der Waals surface area contributed by atoms with Gasteiger partial charge in [0.25, 0.3) is 0 Å². The van der Waals surface area contributed by atoms with E-state index in [4.69, 9.17) is 9.47 Å². The van der Waals surface area contributed by atoms with Crippen LogP contribution in [0.15, 0.2) is 49.1 Å². The Morgan fingerprint density at radius 1 is 0.800 bits per heavy atom. The summed E-state index contributed by atoms with van der Waals surface area (Å²) in [5, 5.41) is 3.26. The summed E-state index contributed by atoms with van der Waals surface area (Å²) in [6, 6.07) is 4.15. The zero-order valence-corrected chi connectivity index (χ0v) is 20.8. The lowest BCUT2D eigenvalue weighted by Crippen LogP contribution is -2.42. The van der Waals surface area contributed by atoms with Crippen LogP contribution in [0.4, 0.5) is 0 Å². The number of likely N-dealkylation sites (tertiary alicyclic amines) is 1. The first kappa shape index (κ1) is 24.0. The first-order valence-corrected chi connectivity index (χ1v) is 13.1. The molecule has 0 unspecified atom stereocenters. The minimum Gasteiger partial charge on any atom is -0.492 e. The number of ether oxygens (including phenoxy) is 2. The molecule has 4 fully saturated rings. The minimum absolute atomic E-state index is 0.686. The van der Waals surface area contributed by atoms with Crippen LogP contribution < -0.4 is 14.8 Å². The highest BCUT2D eigenvalue weighted by atomic mass is 16.5. The molecule has 2 saturated carbocycles. The maximum absolute atomic E-state index is 5.73. The molecule has 2 saturated heterocycles. The fraction of sp³-hybridized carbons (Fsp3) is 0.517. The van der Waals surface area contributed by atoms with E-state index in [0.29, 0.717) is 11.8 Å². The van der Waals surface area contributed by atoms with Gasteiger partial charge >= 0.3 is 0 Å². The van der Waals surface area contributed by atoms with Gasteiger partial charge in [0.1, 0.15) is 11.5 Å². The Morgan fingerprint density at radius 3 is 1.74 bits per heavy atom. The van der Waals surface area contributed by atoms with Crippen molar-refractivity contribution in [1.29, 1.82) is 0 Å². The fourth-order valence-corrected chi connectivity index (χ4v) is 4.02. The summed E-state index contributed by atoms with van der Waals surface area (Å²) in [4.78, 5) is 10.8. The minimum atomic E-state index is 0.686. The van der Waals surface area contributed by atoms with Crippen LogP contribution >= 0.6 is 0 Å². The predicted octanol–water partition coefficient (Wildman–Crippen LogP) is 4.55. The summed E-state index contributed by atoms with van der Waals surface area (Å²) < 4.78 is 11.4. The van der Waals surface area contributed by atoms with Gasteiger partial charge in [-0.2, -0.15) is 0 Å². The third-order valence-corrected chi connectivity index (χ3v) is 6.86. The van der Waals surface area contributed by atoms with Gasteiger partial charge in [-0.3, -0.25) is 9.97 Å². The number of nitrogens with zero attached hydrogens (tertiary/aromatic N) is 3. The summed E-state index contributed by atoms with van der Waals surface area (Å²) in [7, 11) is 2.15. The molecule has 0 amide bonds. The van der Waals surface area contributed by atoms with Crippen LogP contribution in [0.25, 0.3) is 12.2 Å². The molecule has 186 valence electrons. The first-order valence-electron chi connectivity index (χ1n) is 13.1. The maximum atomic E-state index is 5.73. The van der Waals surface area contributed by atoms with Crippen LogP contribution in [0.5, 0.6) is 11.5 Å². The van der Waals surface area contributed by atoms with Crippen LogP contribution in [-0.4, -0.2) is 61.3 Å². The number of rotatable bonds is 10. The van der Waals surface area contributed by atoms with Crippen molar-refractivity contribution in [3.05, 3.63) is 60.2 Å². The van der Waals surface area contributed by atoms with Crippen molar-refractivity contribution in [1.82, 2.24) is 20.2 Å². The van der Waals surface area contributed by atoms with Crippen molar-refractivity contribution in [3.63, 3.8) is 0 Å². The molecule has 2 aromatic rings. The normalized spacial score (nSPS) is 20.8. The molecule has 2 aromatic heterocycles. The second-order valence-electron chi connectivity index (χ2n) is 10.5. The fourth-order valence-electron chi connectivity index (χ4n) is 4.02. The molecule has 2 aliphatic carbocycles. The highest BCUT2D eigenvalue weighted by Crippen LogP contribution is 2.30. The lowest BCUT2D eigenvalue weighted by molar-refractivity contribution is 0.170. The third-order valence-electron chi connectivity index (χ3n) is 6.86. The largest absolute Gasteiger partial charge is 0.492 e. The van der Waals surface area contributed by atoms with Gasteiger partial charge in [0.05, 0.1) is 25.6 Å². The third kappa shape index (κ3) is 8.18. The number of hydrogen-bond donors (Lipinski definition) is 1. The second-order valence-corrected chi connectivity index (χ2v) is 10.5. The van der Waals surface area contributed by atoms with E-state index in [-0.39, 0.29) is 0 Å². The Bertz CT molecular complexity index is 1010. The lowest BCUT2D eigenvalue weighted by atomic mass is 10.00. The number of aromatic nitrogens is 2. The molecule has 0 aromatic carbocycles. The van der Waals surface area contributed by atoms with E-state index < -0.39 is 0 Å². The van der Waals surface area contributed by atoms with Crippen molar-refractivity contribution in [2.75, 3.05) is 46.4 Å². The molecule has 35 heavy (non-hydrogen) atoms. The van der Waals surface area contributed by atoms with Gasteiger partial charge in [-0.1, -0.05) is 24.3 Å². The van der Waals surface area contributed by atoms with E-state index in [1.54, 1.807) is 12.4 Å². The van der Waals surface area contributed by atoms with Crippen LogP contribution in [0, 0.1) is 23.7 Å². The number of nitrogens with one attached hydrogen (secondary N) is 1. The molecule has 0 atom stereocenters. The Morgan fingerprint density at radius 2 is 1.31 bits per heavy atom. The Hall–Kier alpha value is -2.70. The van der Waals surface area contributed by atoms with Crippen LogP contribution in [0.2, 0.25) is 0 Å². The lowest BCUT2D eigenvalue weighted by Gasteiger charge is -2.34. The molecular weight excluding hydrogens is 436 g/mol. The first-order chi connectivity index (χ1) is 17.2. The van der Waals surface area contributed by atoms with E-state index in [2.05, 4.69) is 63.7 Å². The highest BCUT2D eigenvalue weighted by molar-refractivity contribution is 5.51. The standard InChI is InChI=1S/C15H20N2O.C14H18N2O/c1-17-9-14(10-17)5-4-13-6-15(8-16-7-13)18-11-12-2-3-12;1-2-11(1)10-17-14-5-12(6-16-9-14)3-4-13-7-15-8-13/h4-8,12,14H,2-3,9-11H2,1H3;3-6,9,11,13,15H,1-2,7-8,10H2/b5-4+;4-3+. The molecule has 4 heterocycles. The quantitative estimate of drug-likeness (QED) is 0.545. The summed E-state index contributed by atoms with van der Waals surface area (Å²) in [6.07, 6.45) is 21.5. The average Bonchev–Trinajstić information content (AvgIpc) is 3.74. The molecular formula is C29H38N4O2. The highest BCUT2D eigenvalue weighted by Gasteiger charge is 2.23. The van der Waals surface area contributed by atoms with E-state index in [0.717, 1.165) is 60.8 Å². The van der Waals surface area contributed by atoms with Crippen LogP contribution in [-0.2, 0) is 0 Å². The van der Waals surface area contributed by atoms with Gasteiger partial charge in [0.15, 0.2) is 0 Å². The summed E-state index contributed by atoms with van der Waals surface area (Å²) >= 11 is 0. The monoisotopic (exact) mass is 474 g/mol. The number of pyridine rings is 2. The molecule has 0 radical (unpaired) electrons. The van der Waals surface area contributed by atoms with Gasteiger partial charge in [-0.15, -0.1) is 0 Å². The van der Waals surface area contributed by atoms with Gasteiger partial charge in [0, 0.05) is 50.4 Å². The van der Waals surface area contributed by atoms with Gasteiger partial charge in [0.2, 0.25) is 0 Å². The van der Waals surface area contributed by atoms with Crippen molar-refractivity contribution in [2.45, 2.75) is 25.7 Å². The summed E-state index contributed by atoms with van der Waals surface area (Å²) in [5.41, 5.74) is 2.27. The van der Waals surface area contributed by atoms with Gasteiger partial charge < -0.3 is 19.7 Å². The Balaban J connectivity index is 0.000000145. The van der Waals surface area contributed by atoms with E-state index in [1.165, 1.54) is 38.8 Å². The van der Waals surface area contributed by atoms with E-state index >= 15 is 0 Å². The Kier molecular flexibility index (Phi) is 8.11. The molecule has 6 nitrogen and oxygen atoms in total. The van der Waals surface area contributed by atoms with Gasteiger partial charge in [-0.25, -0.2) is 0 Å². The predicted molar refractivity (Wildman–Crippen MR) is 140 cm³/mol. The van der Waals surface area contributed by atoms with Crippen molar-refractivity contribution in [3.8, 4) is 11.5 Å². The molecule has 6 rings (SSSR count). The van der Waals surface area contributed by atoms with E-state index in [9.17, 15) is 0 Å². The topological polar surface area (TPSA) is 59.5 Å². The van der Waals surface area contributed by atoms with E-state index in [1.807, 2.05) is 12.4 Å². The molecule has 2 aliphatic heterocycles. The van der Waals surface area contributed by atoms with Crippen molar-refractivity contribution >= 4 is 12.2 Å². The summed E-state index contributed by atoms with van der Waals surface area (Å²) in [5.74, 6) is 4.75. The second kappa shape index (κ2) is 11.8. The zero-order valence-electron chi connectivity index (χ0n) is 20.8. The molecule has 0 bridgehead atoms.